The highest BCUT2D eigenvalue weighted by Crippen LogP contribution is 2.20. The average Bonchev–Trinajstić information content (AvgIpc) is 2.93. The van der Waals surface area contributed by atoms with Gasteiger partial charge in [0.05, 0.1) is 24.8 Å². The number of nitrogens with one attached hydrogen (secondary N) is 1. The van der Waals surface area contributed by atoms with E-state index in [1.54, 1.807) is 6.92 Å². The van der Waals surface area contributed by atoms with Crippen molar-refractivity contribution >= 4 is 36.9 Å². The molecule has 25 heavy (non-hydrogen) atoms. The van der Waals surface area contributed by atoms with E-state index < -0.39 is 30.4 Å². The lowest BCUT2D eigenvalue weighted by Crippen LogP contribution is -2.53. The number of hydrogen-bond donors (Lipinski definition) is 4. The Morgan fingerprint density at radius 2 is 1.92 bits per heavy atom. The van der Waals surface area contributed by atoms with Crippen molar-refractivity contribution in [2.75, 3.05) is 6.61 Å². The van der Waals surface area contributed by atoms with E-state index in [4.69, 9.17) is 10.5 Å². The highest BCUT2D eigenvalue weighted by molar-refractivity contribution is 6.76. The van der Waals surface area contributed by atoms with Crippen LogP contribution >= 0.6 is 0 Å². The molecule has 0 aliphatic carbocycles. The SMILES string of the molecule is C[C@@H]1O[C@H](CO)C(NC(=O)C(N)Cc2ccccc2)[C@@H]1O.[BH][BH].[B][B]. The number of nitrogens with two attached hydrogens (primary N) is 1. The van der Waals surface area contributed by atoms with Crippen LogP contribution in [0.4, 0.5) is 0 Å². The van der Waals surface area contributed by atoms with E-state index >= 15 is 0 Å². The fourth-order valence-electron chi connectivity index (χ4n) is 2.52. The third-order valence-electron chi connectivity index (χ3n) is 3.76. The van der Waals surface area contributed by atoms with Crippen molar-refractivity contribution in [1.29, 1.82) is 0 Å². The van der Waals surface area contributed by atoms with E-state index in [1.807, 2.05) is 30.3 Å². The van der Waals surface area contributed by atoms with Crippen molar-refractivity contribution < 1.29 is 19.7 Å². The van der Waals surface area contributed by atoms with Crippen LogP contribution in [0.2, 0.25) is 0 Å². The van der Waals surface area contributed by atoms with Gasteiger partial charge in [0.1, 0.15) is 12.2 Å². The number of hydrogen-bond acceptors (Lipinski definition) is 5. The van der Waals surface area contributed by atoms with Gasteiger partial charge in [-0.05, 0) is 18.9 Å². The molecule has 1 aliphatic heterocycles. The zero-order valence-corrected chi connectivity index (χ0v) is 14.5. The largest absolute Gasteiger partial charge is 0.394 e. The van der Waals surface area contributed by atoms with Crippen LogP contribution in [-0.2, 0) is 16.0 Å². The molecule has 5 N–H and O–H groups in total. The van der Waals surface area contributed by atoms with Crippen molar-refractivity contribution in [3.63, 3.8) is 0 Å². The topological polar surface area (TPSA) is 105 Å². The molecule has 2 rings (SSSR count). The lowest BCUT2D eigenvalue weighted by molar-refractivity contribution is -0.124. The van der Waals surface area contributed by atoms with Gasteiger partial charge < -0.3 is 26.0 Å². The van der Waals surface area contributed by atoms with Gasteiger partial charge in [-0.15, -0.1) is 0 Å². The fourth-order valence-corrected chi connectivity index (χ4v) is 2.52. The summed E-state index contributed by atoms with van der Waals surface area (Å²) in [7, 11) is 14.0. The molecule has 1 heterocycles. The second-order valence-electron chi connectivity index (χ2n) is 5.38. The summed E-state index contributed by atoms with van der Waals surface area (Å²) in [6.45, 7) is 1.43. The molecule has 130 valence electrons. The minimum absolute atomic E-state index is 0.264. The minimum atomic E-state index is -0.852. The van der Waals surface area contributed by atoms with E-state index in [1.165, 1.54) is 0 Å². The van der Waals surface area contributed by atoms with Gasteiger partial charge in [-0.3, -0.25) is 4.79 Å². The van der Waals surface area contributed by atoms with Gasteiger partial charge in [0.25, 0.3) is 0 Å². The second kappa shape index (κ2) is 13.1. The molecule has 0 aromatic heterocycles. The maximum Gasteiger partial charge on any atom is 0.237 e. The molecule has 5 atom stereocenters. The van der Waals surface area contributed by atoms with Gasteiger partial charge in [-0.2, -0.15) is 0 Å². The standard InChI is InChI=1S/C15H22N2O4.B2H2.B2/c1-9-14(19)13(12(8-18)21-9)17-15(20)11(16)7-10-5-3-2-4-6-10;2*1-2/h2-6,9,11-14,18-19H,7-8,16H2,1H3,(H,17,20);1-2H;/t9-,11?,12+,13?,14+;;/m0../s1. The summed E-state index contributed by atoms with van der Waals surface area (Å²) < 4.78 is 5.38. The lowest BCUT2D eigenvalue weighted by Gasteiger charge is -2.22. The molecular formula is C15H24B4N2O4. The number of rotatable bonds is 5. The van der Waals surface area contributed by atoms with Crippen molar-refractivity contribution in [3.05, 3.63) is 35.9 Å². The summed E-state index contributed by atoms with van der Waals surface area (Å²) in [5.41, 5.74) is 6.87. The number of aliphatic hydroxyl groups is 2. The third-order valence-corrected chi connectivity index (χ3v) is 3.76. The molecule has 6 radical (unpaired) electrons. The van der Waals surface area contributed by atoms with Crippen LogP contribution in [0.3, 0.4) is 0 Å². The highest BCUT2D eigenvalue weighted by atomic mass is 16.5. The van der Waals surface area contributed by atoms with Crippen molar-refractivity contribution in [2.45, 2.75) is 43.7 Å². The number of ether oxygens (including phenoxy) is 1. The van der Waals surface area contributed by atoms with E-state index in [-0.39, 0.29) is 12.5 Å². The Bertz CT molecular complexity index is 484. The molecule has 1 fully saturated rings. The Hall–Kier alpha value is -1.21. The molecule has 6 nitrogen and oxygen atoms in total. The molecular weight excluding hydrogens is 315 g/mol. The maximum absolute atomic E-state index is 12.1. The Morgan fingerprint density at radius 1 is 1.36 bits per heavy atom. The molecule has 10 heteroatoms. The first-order chi connectivity index (χ1) is 12.0. The van der Waals surface area contributed by atoms with Gasteiger partial charge in [-0.25, -0.2) is 0 Å². The molecule has 1 saturated heterocycles. The van der Waals surface area contributed by atoms with Gasteiger partial charge in [0.15, 0.2) is 0 Å². The predicted molar refractivity (Wildman–Crippen MR) is 103 cm³/mol. The summed E-state index contributed by atoms with van der Waals surface area (Å²) >= 11 is 0. The zero-order chi connectivity index (χ0) is 19.4. The molecule has 1 amide bonds. The van der Waals surface area contributed by atoms with E-state index in [0.29, 0.717) is 6.42 Å². The lowest BCUT2D eigenvalue weighted by atomic mass is 9.81. The normalized spacial score (nSPS) is 25.6. The van der Waals surface area contributed by atoms with Crippen LogP contribution in [0, 0.1) is 0 Å². The maximum atomic E-state index is 12.1. The van der Waals surface area contributed by atoms with Crippen LogP contribution in [-0.4, -0.2) is 84.1 Å². The van der Waals surface area contributed by atoms with E-state index in [2.05, 4.69) is 36.3 Å². The summed E-state index contributed by atoms with van der Waals surface area (Å²) in [4.78, 5) is 12.1. The third kappa shape index (κ3) is 7.28. The number of amides is 1. The molecule has 0 bridgehead atoms. The highest BCUT2D eigenvalue weighted by Gasteiger charge is 2.42. The van der Waals surface area contributed by atoms with Crippen LogP contribution in [0.5, 0.6) is 0 Å². The number of benzene rings is 1. The fraction of sp³-hybridized carbons (Fsp3) is 0.533. The van der Waals surface area contributed by atoms with Crippen molar-refractivity contribution in [1.82, 2.24) is 5.32 Å². The smallest absolute Gasteiger partial charge is 0.237 e. The van der Waals surface area contributed by atoms with Gasteiger partial charge in [-0.1, -0.05) is 30.3 Å². The Morgan fingerprint density at radius 3 is 2.44 bits per heavy atom. The minimum Gasteiger partial charge on any atom is -0.394 e. The van der Waals surface area contributed by atoms with Crippen molar-refractivity contribution in [3.8, 4) is 0 Å². The molecule has 1 aromatic rings. The molecule has 0 spiro atoms. The number of carbonyl (C=O) groups excluding carboxylic acids is 1. The van der Waals surface area contributed by atoms with Crippen LogP contribution in [0.25, 0.3) is 0 Å². The molecule has 1 aromatic carbocycles. The Balaban J connectivity index is 0.00000134. The molecule has 2 unspecified atom stereocenters. The Labute approximate surface area is 154 Å². The molecule has 0 saturated carbocycles. The summed E-state index contributed by atoms with van der Waals surface area (Å²) in [6, 6.07) is 8.12. The first-order valence-corrected chi connectivity index (χ1v) is 7.90. The Kier molecular flexibility index (Phi) is 12.4. The summed E-state index contributed by atoms with van der Waals surface area (Å²) in [5.74, 6) is -0.362. The monoisotopic (exact) mass is 340 g/mol. The number of carbonyl (C=O) groups is 1. The average molecular weight is 340 g/mol. The first-order valence-electron chi connectivity index (χ1n) is 7.90. The van der Waals surface area contributed by atoms with Gasteiger partial charge in [0, 0.05) is 30.9 Å². The van der Waals surface area contributed by atoms with E-state index in [9.17, 15) is 15.0 Å². The van der Waals surface area contributed by atoms with E-state index in [0.717, 1.165) is 5.56 Å². The summed E-state index contributed by atoms with van der Waals surface area (Å²) in [5, 5.41) is 21.9. The number of aliphatic hydroxyl groups excluding tert-OH is 2. The molecule has 1 aliphatic rings. The summed E-state index contributed by atoms with van der Waals surface area (Å²) in [6.07, 6.45) is -1.48. The zero-order valence-electron chi connectivity index (χ0n) is 14.5. The second-order valence-corrected chi connectivity index (χ2v) is 5.38. The van der Waals surface area contributed by atoms with Crippen LogP contribution < -0.4 is 11.1 Å². The predicted octanol–water partition coefficient (Wildman–Crippen LogP) is -2.88. The first kappa shape index (κ1) is 23.8. The van der Waals surface area contributed by atoms with Crippen molar-refractivity contribution in [2.24, 2.45) is 5.73 Å². The van der Waals surface area contributed by atoms with Crippen LogP contribution in [0.15, 0.2) is 30.3 Å². The van der Waals surface area contributed by atoms with Crippen LogP contribution in [0.1, 0.15) is 12.5 Å². The van der Waals surface area contributed by atoms with Gasteiger partial charge in [0.2, 0.25) is 5.91 Å². The quantitative estimate of drug-likeness (QED) is 0.432. The van der Waals surface area contributed by atoms with Gasteiger partial charge >= 0.3 is 0 Å².